The van der Waals surface area contributed by atoms with Crippen LogP contribution in [0.4, 0.5) is 0 Å². The predicted octanol–water partition coefficient (Wildman–Crippen LogP) is 0.944. The summed E-state index contributed by atoms with van der Waals surface area (Å²) in [4.78, 5) is 0.983. The van der Waals surface area contributed by atoms with Gasteiger partial charge in [0.1, 0.15) is 0 Å². The molecule has 1 unspecified atom stereocenters. The molecule has 0 spiro atoms. The Labute approximate surface area is 82.2 Å². The van der Waals surface area contributed by atoms with Crippen LogP contribution in [-0.2, 0) is 10.2 Å². The zero-order chi connectivity index (χ0) is 10.1. The molecular formula is C7H12N2O2S2. The third-order valence-electron chi connectivity index (χ3n) is 1.90. The maximum atomic E-state index is 11.0. The molecular weight excluding hydrogens is 208 g/mol. The molecule has 2 N–H and O–H groups in total. The molecule has 0 aromatic carbocycles. The van der Waals surface area contributed by atoms with Crippen molar-refractivity contribution in [1.82, 2.24) is 4.31 Å². The minimum Gasteiger partial charge on any atom is -0.216 e. The van der Waals surface area contributed by atoms with Crippen LogP contribution >= 0.6 is 11.3 Å². The quantitative estimate of drug-likeness (QED) is 0.824. The Bertz CT molecular complexity index is 358. The van der Waals surface area contributed by atoms with Crippen LogP contribution in [0.1, 0.15) is 17.8 Å². The highest BCUT2D eigenvalue weighted by molar-refractivity contribution is 7.86. The van der Waals surface area contributed by atoms with E-state index >= 15 is 0 Å². The van der Waals surface area contributed by atoms with Gasteiger partial charge in [-0.1, -0.05) is 6.07 Å². The molecule has 0 amide bonds. The summed E-state index contributed by atoms with van der Waals surface area (Å²) in [5.41, 5.74) is 0. The second-order valence-electron chi connectivity index (χ2n) is 2.75. The van der Waals surface area contributed by atoms with Gasteiger partial charge in [0.25, 0.3) is 10.2 Å². The molecule has 1 atom stereocenters. The van der Waals surface area contributed by atoms with E-state index in [2.05, 4.69) is 0 Å². The Hall–Kier alpha value is -0.430. The smallest absolute Gasteiger partial charge is 0.216 e. The first-order valence-corrected chi connectivity index (χ1v) is 6.10. The average Bonchev–Trinajstić information content (AvgIpc) is 2.51. The highest BCUT2D eigenvalue weighted by atomic mass is 32.2. The molecule has 0 saturated heterocycles. The summed E-state index contributed by atoms with van der Waals surface area (Å²) in [5.74, 6) is 0. The van der Waals surface area contributed by atoms with E-state index in [0.717, 1.165) is 9.18 Å². The monoisotopic (exact) mass is 220 g/mol. The van der Waals surface area contributed by atoms with Crippen molar-refractivity contribution in [1.29, 1.82) is 0 Å². The van der Waals surface area contributed by atoms with Gasteiger partial charge in [-0.2, -0.15) is 12.7 Å². The van der Waals surface area contributed by atoms with E-state index in [9.17, 15) is 8.42 Å². The van der Waals surface area contributed by atoms with Crippen molar-refractivity contribution in [3.05, 3.63) is 22.4 Å². The van der Waals surface area contributed by atoms with Gasteiger partial charge in [-0.15, -0.1) is 11.3 Å². The third kappa shape index (κ3) is 2.50. The van der Waals surface area contributed by atoms with Crippen LogP contribution < -0.4 is 5.14 Å². The van der Waals surface area contributed by atoms with Gasteiger partial charge in [-0.05, 0) is 18.4 Å². The molecule has 1 aromatic rings. The van der Waals surface area contributed by atoms with Gasteiger partial charge in [0.15, 0.2) is 0 Å². The molecule has 4 nitrogen and oxygen atoms in total. The molecule has 0 aliphatic rings. The van der Waals surface area contributed by atoms with E-state index in [1.54, 1.807) is 6.92 Å². The van der Waals surface area contributed by atoms with E-state index in [-0.39, 0.29) is 6.04 Å². The first-order valence-electron chi connectivity index (χ1n) is 3.72. The van der Waals surface area contributed by atoms with E-state index in [1.807, 2.05) is 17.5 Å². The highest BCUT2D eigenvalue weighted by Gasteiger charge is 2.20. The van der Waals surface area contributed by atoms with E-state index in [0.29, 0.717) is 0 Å². The maximum Gasteiger partial charge on any atom is 0.277 e. The van der Waals surface area contributed by atoms with Gasteiger partial charge in [0.2, 0.25) is 0 Å². The first-order chi connectivity index (χ1) is 5.93. The Morgan fingerprint density at radius 3 is 2.62 bits per heavy atom. The lowest BCUT2D eigenvalue weighted by molar-refractivity contribution is 0.403. The molecule has 1 rings (SSSR count). The lowest BCUT2D eigenvalue weighted by atomic mass is 10.3. The summed E-state index contributed by atoms with van der Waals surface area (Å²) in [6.07, 6.45) is 0. The molecule has 1 heterocycles. The van der Waals surface area contributed by atoms with Crippen molar-refractivity contribution in [2.24, 2.45) is 5.14 Å². The Kier molecular flexibility index (Phi) is 3.07. The van der Waals surface area contributed by atoms with Crippen molar-refractivity contribution in [2.45, 2.75) is 13.0 Å². The summed E-state index contributed by atoms with van der Waals surface area (Å²) in [5, 5.41) is 6.89. The second kappa shape index (κ2) is 3.75. The fraction of sp³-hybridized carbons (Fsp3) is 0.429. The largest absolute Gasteiger partial charge is 0.277 e. The van der Waals surface area contributed by atoms with E-state index in [4.69, 9.17) is 5.14 Å². The average molecular weight is 220 g/mol. The summed E-state index contributed by atoms with van der Waals surface area (Å²) in [6.45, 7) is 1.80. The summed E-state index contributed by atoms with van der Waals surface area (Å²) >= 11 is 1.51. The van der Waals surface area contributed by atoms with Crippen LogP contribution in [0.2, 0.25) is 0 Å². The summed E-state index contributed by atoms with van der Waals surface area (Å²) in [6, 6.07) is 3.57. The Morgan fingerprint density at radius 2 is 2.23 bits per heavy atom. The number of thiophene rings is 1. The van der Waals surface area contributed by atoms with Gasteiger partial charge >= 0.3 is 0 Å². The van der Waals surface area contributed by atoms with E-state index in [1.165, 1.54) is 18.4 Å². The van der Waals surface area contributed by atoms with Crippen molar-refractivity contribution in [2.75, 3.05) is 7.05 Å². The zero-order valence-corrected chi connectivity index (χ0v) is 9.10. The van der Waals surface area contributed by atoms with Gasteiger partial charge in [0, 0.05) is 11.9 Å². The number of rotatable bonds is 3. The minimum atomic E-state index is -3.59. The van der Waals surface area contributed by atoms with Gasteiger partial charge < -0.3 is 0 Å². The number of nitrogens with zero attached hydrogens (tertiary/aromatic N) is 1. The second-order valence-corrected chi connectivity index (χ2v) is 5.34. The highest BCUT2D eigenvalue weighted by Crippen LogP contribution is 2.24. The number of hydrogen-bond donors (Lipinski definition) is 1. The zero-order valence-electron chi connectivity index (χ0n) is 7.47. The van der Waals surface area contributed by atoms with Crippen molar-refractivity contribution < 1.29 is 8.42 Å². The lowest BCUT2D eigenvalue weighted by Crippen LogP contribution is -2.34. The molecule has 6 heteroatoms. The van der Waals surface area contributed by atoms with Gasteiger partial charge in [-0.3, -0.25) is 0 Å². The lowest BCUT2D eigenvalue weighted by Gasteiger charge is -2.20. The normalized spacial score (nSPS) is 14.8. The summed E-state index contributed by atoms with van der Waals surface area (Å²) in [7, 11) is -2.12. The van der Waals surface area contributed by atoms with Crippen LogP contribution in [0.3, 0.4) is 0 Å². The molecule has 74 valence electrons. The Balaban J connectivity index is 2.86. The molecule has 0 aliphatic heterocycles. The fourth-order valence-corrected chi connectivity index (χ4v) is 2.38. The number of nitrogens with two attached hydrogens (primary N) is 1. The molecule has 13 heavy (non-hydrogen) atoms. The molecule has 0 bridgehead atoms. The van der Waals surface area contributed by atoms with E-state index < -0.39 is 10.2 Å². The first kappa shape index (κ1) is 10.6. The summed E-state index contributed by atoms with van der Waals surface area (Å²) < 4.78 is 23.1. The minimum absolute atomic E-state index is 0.199. The van der Waals surface area contributed by atoms with Crippen LogP contribution in [0, 0.1) is 0 Å². The fourth-order valence-electron chi connectivity index (χ4n) is 0.929. The van der Waals surface area contributed by atoms with Crippen molar-refractivity contribution in [3.8, 4) is 0 Å². The molecule has 0 aliphatic carbocycles. The van der Waals surface area contributed by atoms with Gasteiger partial charge in [0.05, 0.1) is 6.04 Å². The van der Waals surface area contributed by atoms with Crippen LogP contribution in [0.5, 0.6) is 0 Å². The van der Waals surface area contributed by atoms with Crippen LogP contribution in [-0.4, -0.2) is 19.8 Å². The molecule has 0 saturated carbocycles. The maximum absolute atomic E-state index is 11.0. The van der Waals surface area contributed by atoms with Crippen molar-refractivity contribution >= 4 is 21.5 Å². The molecule has 0 radical (unpaired) electrons. The standard InChI is InChI=1S/C7H12N2O2S2/c1-6(7-4-3-5-12-7)9(2)13(8,10)11/h3-6H,1-2H3,(H2,8,10,11). The molecule has 1 aromatic heterocycles. The SMILES string of the molecule is CC(c1cccs1)N(C)S(N)(=O)=O. The number of hydrogen-bond acceptors (Lipinski definition) is 3. The van der Waals surface area contributed by atoms with Gasteiger partial charge in [-0.25, -0.2) is 5.14 Å². The third-order valence-corrected chi connectivity index (χ3v) is 4.06. The topological polar surface area (TPSA) is 63.4 Å². The Morgan fingerprint density at radius 1 is 1.62 bits per heavy atom. The van der Waals surface area contributed by atoms with Crippen LogP contribution in [0.25, 0.3) is 0 Å². The van der Waals surface area contributed by atoms with Crippen molar-refractivity contribution in [3.63, 3.8) is 0 Å². The molecule has 0 fully saturated rings. The van der Waals surface area contributed by atoms with Crippen LogP contribution in [0.15, 0.2) is 17.5 Å². The predicted molar refractivity (Wildman–Crippen MR) is 53.6 cm³/mol.